The molecule has 0 fully saturated rings. The zero-order valence-electron chi connectivity index (χ0n) is 20.6. The maximum atomic E-state index is 13.7. The number of benzene rings is 2. The largest absolute Gasteiger partial charge is 0.354 e. The van der Waals surface area contributed by atoms with Crippen molar-refractivity contribution in [2.45, 2.75) is 52.6 Å². The number of hydrogen-bond donors (Lipinski definition) is 1. The first-order valence-corrected chi connectivity index (χ1v) is 14.1. The van der Waals surface area contributed by atoms with Crippen molar-refractivity contribution in [2.75, 3.05) is 23.7 Å². The summed E-state index contributed by atoms with van der Waals surface area (Å²) in [6.07, 6.45) is 3.10. The van der Waals surface area contributed by atoms with Crippen molar-refractivity contribution < 1.29 is 18.0 Å². The lowest BCUT2D eigenvalue weighted by Crippen LogP contribution is -2.52. The maximum Gasteiger partial charge on any atom is 0.244 e. The van der Waals surface area contributed by atoms with Gasteiger partial charge >= 0.3 is 0 Å². The Morgan fingerprint density at radius 2 is 1.69 bits per heavy atom. The van der Waals surface area contributed by atoms with Crippen LogP contribution in [0.3, 0.4) is 0 Å². The topological polar surface area (TPSA) is 86.8 Å². The Bertz CT molecular complexity index is 1120. The number of rotatable bonds is 12. The Hall–Kier alpha value is -2.29. The van der Waals surface area contributed by atoms with Gasteiger partial charge in [0.1, 0.15) is 12.6 Å². The van der Waals surface area contributed by atoms with Crippen molar-refractivity contribution in [1.29, 1.82) is 0 Å². The van der Waals surface area contributed by atoms with Crippen molar-refractivity contribution in [3.05, 3.63) is 63.6 Å². The second kappa shape index (κ2) is 13.1. The first-order chi connectivity index (χ1) is 16.5. The average molecular weight is 543 g/mol. The van der Waals surface area contributed by atoms with Gasteiger partial charge in [0.05, 0.1) is 11.9 Å². The van der Waals surface area contributed by atoms with E-state index >= 15 is 0 Å². The Morgan fingerprint density at radius 3 is 2.23 bits per heavy atom. The van der Waals surface area contributed by atoms with E-state index in [9.17, 15) is 18.0 Å². The number of unbranched alkanes of at least 4 members (excludes halogenated alkanes) is 1. The molecule has 7 nitrogen and oxygen atoms in total. The fourth-order valence-electron chi connectivity index (χ4n) is 3.68. The third-order valence-electron chi connectivity index (χ3n) is 5.57. The zero-order valence-corrected chi connectivity index (χ0v) is 22.9. The summed E-state index contributed by atoms with van der Waals surface area (Å²) in [4.78, 5) is 28.1. The molecule has 2 amide bonds. The van der Waals surface area contributed by atoms with E-state index in [1.807, 2.05) is 19.9 Å². The Kier molecular flexibility index (Phi) is 10.9. The van der Waals surface area contributed by atoms with Gasteiger partial charge in [0.25, 0.3) is 0 Å². The molecule has 35 heavy (non-hydrogen) atoms. The maximum absolute atomic E-state index is 13.7. The summed E-state index contributed by atoms with van der Waals surface area (Å²) in [5, 5.41) is 3.59. The van der Waals surface area contributed by atoms with Gasteiger partial charge in [-0.1, -0.05) is 61.7 Å². The number of nitrogens with one attached hydrogen (secondary N) is 1. The first-order valence-electron chi connectivity index (χ1n) is 11.5. The summed E-state index contributed by atoms with van der Waals surface area (Å²) in [6.45, 7) is 5.63. The lowest BCUT2D eigenvalue weighted by molar-refractivity contribution is -0.140. The van der Waals surface area contributed by atoms with E-state index < -0.39 is 28.5 Å². The van der Waals surface area contributed by atoms with Crippen LogP contribution in [0, 0.1) is 6.92 Å². The van der Waals surface area contributed by atoms with Crippen molar-refractivity contribution in [3.8, 4) is 0 Å². The number of nitrogens with zero attached hydrogens (tertiary/aromatic N) is 2. The van der Waals surface area contributed by atoms with E-state index in [0.29, 0.717) is 34.3 Å². The van der Waals surface area contributed by atoms with Crippen LogP contribution in [0.4, 0.5) is 5.69 Å². The van der Waals surface area contributed by atoms with E-state index in [2.05, 4.69) is 5.32 Å². The molecule has 1 atom stereocenters. The molecule has 1 unspecified atom stereocenters. The molecule has 0 spiro atoms. The van der Waals surface area contributed by atoms with Gasteiger partial charge in [0.2, 0.25) is 21.8 Å². The van der Waals surface area contributed by atoms with Crippen LogP contribution in [0.5, 0.6) is 0 Å². The van der Waals surface area contributed by atoms with Gasteiger partial charge in [-0.25, -0.2) is 8.42 Å². The number of aryl methyl sites for hydroxylation is 1. The average Bonchev–Trinajstić information content (AvgIpc) is 2.78. The highest BCUT2D eigenvalue weighted by atomic mass is 35.5. The van der Waals surface area contributed by atoms with Crippen LogP contribution < -0.4 is 9.62 Å². The van der Waals surface area contributed by atoms with E-state index in [0.717, 1.165) is 29.0 Å². The molecule has 0 aromatic heterocycles. The molecule has 0 bridgehead atoms. The number of sulfonamides is 1. The lowest BCUT2D eigenvalue weighted by Gasteiger charge is -2.33. The van der Waals surface area contributed by atoms with Crippen LogP contribution in [-0.2, 0) is 26.2 Å². The van der Waals surface area contributed by atoms with Gasteiger partial charge in [-0.15, -0.1) is 0 Å². The van der Waals surface area contributed by atoms with Crippen molar-refractivity contribution in [1.82, 2.24) is 10.2 Å². The van der Waals surface area contributed by atoms with Crippen LogP contribution in [0.15, 0.2) is 42.5 Å². The summed E-state index contributed by atoms with van der Waals surface area (Å²) in [6, 6.07) is 11.1. The van der Waals surface area contributed by atoms with E-state index in [4.69, 9.17) is 23.2 Å². The van der Waals surface area contributed by atoms with Crippen LogP contribution in [0.25, 0.3) is 0 Å². The van der Waals surface area contributed by atoms with Crippen molar-refractivity contribution >= 4 is 50.7 Å². The lowest BCUT2D eigenvalue weighted by atomic mass is 10.1. The minimum Gasteiger partial charge on any atom is -0.354 e. The summed E-state index contributed by atoms with van der Waals surface area (Å²) in [7, 11) is -3.79. The molecule has 0 radical (unpaired) electrons. The van der Waals surface area contributed by atoms with Crippen molar-refractivity contribution in [3.63, 3.8) is 0 Å². The number of hydrogen-bond acceptors (Lipinski definition) is 4. The Balaban J connectivity index is 2.46. The molecule has 0 heterocycles. The number of amides is 2. The standard InChI is InChI=1S/C25H33Cl2N3O4S/c1-5-7-14-28-25(32)23(6-2)29(16-20-21(26)12-9-13-22(20)27)24(31)17-30(35(4,33)34)19-11-8-10-18(3)15-19/h8-13,15,23H,5-7,14,16-17H2,1-4H3,(H,28,32). The molecule has 0 aliphatic heterocycles. The van der Waals surface area contributed by atoms with Gasteiger partial charge in [-0.2, -0.15) is 0 Å². The second-order valence-electron chi connectivity index (χ2n) is 8.40. The minimum atomic E-state index is -3.79. The van der Waals surface area contributed by atoms with Crippen LogP contribution in [0.2, 0.25) is 10.0 Å². The molecular weight excluding hydrogens is 509 g/mol. The smallest absolute Gasteiger partial charge is 0.244 e. The molecule has 192 valence electrons. The van der Waals surface area contributed by atoms with E-state index in [1.165, 1.54) is 4.90 Å². The van der Waals surface area contributed by atoms with E-state index in [-0.39, 0.29) is 12.5 Å². The predicted octanol–water partition coefficient (Wildman–Crippen LogP) is 4.79. The summed E-state index contributed by atoms with van der Waals surface area (Å²) in [5.74, 6) is -0.843. The fraction of sp³-hybridized carbons (Fsp3) is 0.440. The Labute approximate surface area is 218 Å². The molecular formula is C25H33Cl2N3O4S. The third-order valence-corrected chi connectivity index (χ3v) is 7.42. The van der Waals surface area contributed by atoms with Crippen LogP contribution in [0.1, 0.15) is 44.2 Å². The predicted molar refractivity (Wildman–Crippen MR) is 142 cm³/mol. The number of carbonyl (C=O) groups is 2. The minimum absolute atomic E-state index is 0.0392. The zero-order chi connectivity index (χ0) is 26.2. The molecule has 0 saturated carbocycles. The van der Waals surface area contributed by atoms with Gasteiger partial charge in [-0.3, -0.25) is 13.9 Å². The SMILES string of the molecule is CCCCNC(=O)C(CC)N(Cc1c(Cl)cccc1Cl)C(=O)CN(c1cccc(C)c1)S(C)(=O)=O. The fourth-order valence-corrected chi connectivity index (χ4v) is 5.03. The van der Waals surface area contributed by atoms with E-state index in [1.54, 1.807) is 43.3 Å². The van der Waals surface area contributed by atoms with Gasteiger partial charge < -0.3 is 10.2 Å². The highest BCUT2D eigenvalue weighted by Gasteiger charge is 2.32. The highest BCUT2D eigenvalue weighted by molar-refractivity contribution is 7.92. The molecule has 10 heteroatoms. The summed E-state index contributed by atoms with van der Waals surface area (Å²) in [5.41, 5.74) is 1.72. The summed E-state index contributed by atoms with van der Waals surface area (Å²) < 4.78 is 26.3. The van der Waals surface area contributed by atoms with Crippen molar-refractivity contribution in [2.24, 2.45) is 0 Å². The molecule has 0 aliphatic rings. The number of carbonyl (C=O) groups excluding carboxylic acids is 2. The number of halogens is 2. The molecule has 2 rings (SSSR count). The normalized spacial score (nSPS) is 12.2. The van der Waals surface area contributed by atoms with Crippen LogP contribution >= 0.6 is 23.2 Å². The molecule has 0 saturated heterocycles. The molecule has 1 N–H and O–H groups in total. The molecule has 2 aromatic rings. The summed E-state index contributed by atoms with van der Waals surface area (Å²) >= 11 is 12.7. The Morgan fingerprint density at radius 1 is 1.06 bits per heavy atom. The highest BCUT2D eigenvalue weighted by Crippen LogP contribution is 2.27. The number of anilines is 1. The van der Waals surface area contributed by atoms with Gasteiger partial charge in [-0.05, 0) is 49.6 Å². The quantitative estimate of drug-likeness (QED) is 0.391. The van der Waals surface area contributed by atoms with Crippen LogP contribution in [-0.4, -0.2) is 50.5 Å². The van der Waals surface area contributed by atoms with Gasteiger partial charge in [0.15, 0.2) is 0 Å². The first kappa shape index (κ1) is 28.9. The third kappa shape index (κ3) is 8.12. The second-order valence-corrected chi connectivity index (χ2v) is 11.1. The molecule has 0 aliphatic carbocycles. The molecule has 2 aromatic carbocycles. The van der Waals surface area contributed by atoms with Gasteiger partial charge in [0, 0.05) is 28.7 Å². The monoisotopic (exact) mass is 541 g/mol.